The molecule has 1 aromatic heterocycles. The van der Waals surface area contributed by atoms with E-state index in [1.54, 1.807) is 0 Å². The van der Waals surface area contributed by atoms with Gasteiger partial charge in [0.1, 0.15) is 0 Å². The Bertz CT molecular complexity index is 518. The van der Waals surface area contributed by atoms with Crippen LogP contribution in [0.25, 0.3) is 20.2 Å². The molecular weight excluding hydrogens is 389 g/mol. The second-order valence-electron chi connectivity index (χ2n) is 3.09. The van der Waals surface area contributed by atoms with Gasteiger partial charge in [-0.25, -0.2) is 0 Å². The molecule has 15 heavy (non-hydrogen) atoms. The number of fused-ring (bicyclic) bond motifs is 3. The van der Waals surface area contributed by atoms with Crippen LogP contribution in [0.15, 0.2) is 48.5 Å². The van der Waals surface area contributed by atoms with Crippen LogP contribution in [0.2, 0.25) is 4.43 Å². The smallest absolute Gasteiger partial charge is 0.0355 e. The van der Waals surface area contributed by atoms with Gasteiger partial charge < -0.3 is 0 Å². The quantitative estimate of drug-likeness (QED) is 0.483. The molecule has 0 aliphatic heterocycles. The van der Waals surface area contributed by atoms with Crippen molar-refractivity contribution in [2.45, 2.75) is 4.43 Å². The van der Waals surface area contributed by atoms with Gasteiger partial charge in [-0.05, 0) is 12.1 Å². The largest absolute Gasteiger partial charge is 0.135 e. The fourth-order valence-electron chi connectivity index (χ4n) is 1.67. The predicted molar refractivity (Wildman–Crippen MR) is 65.2 cm³/mol. The van der Waals surface area contributed by atoms with Crippen LogP contribution in [-0.2, 0) is 26.1 Å². The van der Waals surface area contributed by atoms with E-state index in [2.05, 4.69) is 53.0 Å². The summed E-state index contributed by atoms with van der Waals surface area (Å²) >= 11 is 2.89. The zero-order valence-corrected chi connectivity index (χ0v) is 15.0. The third kappa shape index (κ3) is 2.09. The summed E-state index contributed by atoms with van der Waals surface area (Å²) in [5.74, 6) is 0. The summed E-state index contributed by atoms with van der Waals surface area (Å²) in [6.45, 7) is 0. The minimum Gasteiger partial charge on any atom is -0.135 e. The number of hydrogen-bond donors (Lipinski definition) is 0. The van der Waals surface area contributed by atoms with Crippen molar-refractivity contribution in [3.05, 3.63) is 48.5 Å². The van der Waals surface area contributed by atoms with E-state index < -0.39 is 0 Å². The fourth-order valence-corrected chi connectivity index (χ4v) is 2.78. The second-order valence-corrected chi connectivity index (χ2v) is 4.18. The van der Waals surface area contributed by atoms with Crippen LogP contribution in [0, 0.1) is 0 Å². The van der Waals surface area contributed by atoms with Gasteiger partial charge in [0.05, 0.1) is 0 Å². The number of benzene rings is 2. The molecule has 2 heteroatoms. The summed E-state index contributed by atoms with van der Waals surface area (Å²) in [7, 11) is 0. The van der Waals surface area contributed by atoms with Crippen LogP contribution in [-0.4, -0.2) is 0 Å². The standard InChI is InChI=1S/C12H8S.CH3.Hg/c1-3-7-11-9(5-1)10-6-2-4-8-12(10)13-11;;/h1-8H;1H3;. The Hall–Kier alpha value is -0.405. The Labute approximate surface area is 110 Å². The molecule has 0 aliphatic rings. The molecule has 1 heterocycles. The number of hydrogen-bond acceptors (Lipinski definition) is 1. The first-order valence-corrected chi connectivity index (χ1v) is 11.3. The molecular formula is C13H11HgS. The minimum atomic E-state index is 1.03. The Morgan fingerprint density at radius 2 is 1.13 bits per heavy atom. The average Bonchev–Trinajstić information content (AvgIpc) is 2.70. The van der Waals surface area contributed by atoms with Crippen LogP contribution in [0.5, 0.6) is 0 Å². The summed E-state index contributed by atoms with van der Waals surface area (Å²) < 4.78 is 4.95. The zero-order valence-electron chi connectivity index (χ0n) is 8.73. The molecule has 2 aromatic carbocycles. The Kier molecular flexibility index (Phi) is 3.76. The summed E-state index contributed by atoms with van der Waals surface area (Å²) in [6.07, 6.45) is 0. The van der Waals surface area contributed by atoms with E-state index in [-0.39, 0.29) is 0 Å². The summed E-state index contributed by atoms with van der Waals surface area (Å²) in [5.41, 5.74) is 0. The van der Waals surface area contributed by atoms with Crippen LogP contribution in [0.3, 0.4) is 0 Å². The third-order valence-electron chi connectivity index (χ3n) is 2.28. The first-order chi connectivity index (χ1) is 7.45. The van der Waals surface area contributed by atoms with E-state index in [9.17, 15) is 0 Å². The van der Waals surface area contributed by atoms with Gasteiger partial charge in [-0.2, -0.15) is 0 Å². The van der Waals surface area contributed by atoms with Gasteiger partial charge >= 0.3 is 30.6 Å². The minimum absolute atomic E-state index is 1.03. The maximum Gasteiger partial charge on any atom is 0.0355 e. The van der Waals surface area contributed by atoms with Gasteiger partial charge in [-0.15, -0.1) is 11.3 Å². The van der Waals surface area contributed by atoms with Gasteiger partial charge in [0.25, 0.3) is 0 Å². The molecule has 3 aromatic rings. The molecule has 0 unspecified atom stereocenters. The molecule has 0 spiro atoms. The van der Waals surface area contributed by atoms with E-state index >= 15 is 0 Å². The molecule has 0 radical (unpaired) electrons. The van der Waals surface area contributed by atoms with Crippen molar-refractivity contribution in [2.75, 3.05) is 0 Å². The van der Waals surface area contributed by atoms with Gasteiger partial charge in [0, 0.05) is 20.2 Å². The van der Waals surface area contributed by atoms with Crippen molar-refractivity contribution in [2.24, 2.45) is 0 Å². The molecule has 0 N–H and O–H groups in total. The Balaban J connectivity index is 0.000000404. The number of thiophene rings is 1. The average molecular weight is 400 g/mol. The normalized spacial score (nSPS) is 10.1. The topological polar surface area (TPSA) is 0 Å². The molecule has 71 valence electrons. The van der Waals surface area contributed by atoms with Crippen LogP contribution < -0.4 is 0 Å². The first-order valence-electron chi connectivity index (χ1n) is 5.02. The maximum absolute atomic E-state index is 2.19. The van der Waals surface area contributed by atoms with Crippen molar-refractivity contribution in [1.29, 1.82) is 0 Å². The molecule has 3 rings (SSSR count). The third-order valence-corrected chi connectivity index (χ3v) is 3.44. The summed E-state index contributed by atoms with van der Waals surface area (Å²) in [4.78, 5) is 0. The molecule has 0 atom stereocenters. The monoisotopic (exact) mass is 401 g/mol. The van der Waals surface area contributed by atoms with Gasteiger partial charge in [0.15, 0.2) is 0 Å². The number of rotatable bonds is 0. The fraction of sp³-hybridized carbons (Fsp3) is 0.0769. The molecule has 0 nitrogen and oxygen atoms in total. The van der Waals surface area contributed by atoms with Crippen molar-refractivity contribution < 1.29 is 26.1 Å². The van der Waals surface area contributed by atoms with Crippen molar-refractivity contribution >= 4 is 31.5 Å². The SMILES string of the molecule is [CH3][Hg].c1ccc2c(c1)sc1ccccc12. The second kappa shape index (κ2) is 5.08. The Morgan fingerprint density at radius 1 is 0.733 bits per heavy atom. The van der Waals surface area contributed by atoms with E-state index in [1.807, 2.05) is 11.3 Å². The zero-order chi connectivity index (χ0) is 10.7. The van der Waals surface area contributed by atoms with E-state index in [0.717, 1.165) is 26.1 Å². The van der Waals surface area contributed by atoms with E-state index in [1.165, 1.54) is 20.2 Å². The molecule has 0 saturated heterocycles. The van der Waals surface area contributed by atoms with E-state index in [0.29, 0.717) is 0 Å². The maximum atomic E-state index is 2.19. The van der Waals surface area contributed by atoms with Gasteiger partial charge in [-0.3, -0.25) is 0 Å². The van der Waals surface area contributed by atoms with Crippen molar-refractivity contribution in [3.8, 4) is 0 Å². The van der Waals surface area contributed by atoms with Crippen molar-refractivity contribution in [1.82, 2.24) is 0 Å². The summed E-state index contributed by atoms with van der Waals surface area (Å²) in [6, 6.07) is 17.1. The van der Waals surface area contributed by atoms with Crippen LogP contribution in [0.4, 0.5) is 0 Å². The molecule has 0 aliphatic carbocycles. The van der Waals surface area contributed by atoms with E-state index in [4.69, 9.17) is 0 Å². The molecule has 0 saturated carbocycles. The molecule has 0 fully saturated rings. The first kappa shape index (κ1) is 11.1. The van der Waals surface area contributed by atoms with Crippen molar-refractivity contribution in [3.63, 3.8) is 0 Å². The van der Waals surface area contributed by atoms with Crippen LogP contribution in [0.1, 0.15) is 0 Å². The Morgan fingerprint density at radius 3 is 1.60 bits per heavy atom. The molecule has 0 bridgehead atoms. The predicted octanol–water partition coefficient (Wildman–Crippen LogP) is 4.64. The van der Waals surface area contributed by atoms with Gasteiger partial charge in [-0.1, -0.05) is 36.4 Å². The van der Waals surface area contributed by atoms with Gasteiger partial charge in [0.2, 0.25) is 0 Å². The van der Waals surface area contributed by atoms with Crippen LogP contribution >= 0.6 is 11.3 Å². The molecule has 0 amide bonds. The summed E-state index contributed by atoms with van der Waals surface area (Å²) in [5, 5.41) is 2.76.